The first-order chi connectivity index (χ1) is 21.5. The molecular formula is C41H38N2O2. The van der Waals surface area contributed by atoms with Crippen molar-refractivity contribution < 1.29 is 9.47 Å². The van der Waals surface area contributed by atoms with E-state index in [0.29, 0.717) is 13.2 Å². The molecule has 224 valence electrons. The van der Waals surface area contributed by atoms with Gasteiger partial charge in [0.05, 0.1) is 11.1 Å². The van der Waals surface area contributed by atoms with Gasteiger partial charge in [0.2, 0.25) is 11.8 Å². The molecule has 0 spiro atoms. The second kappa shape index (κ2) is 9.65. The minimum atomic E-state index is -0.175. The summed E-state index contributed by atoms with van der Waals surface area (Å²) in [4.78, 5) is 9.52. The van der Waals surface area contributed by atoms with Crippen LogP contribution in [0, 0.1) is 0 Å². The zero-order chi connectivity index (χ0) is 31.1. The van der Waals surface area contributed by atoms with Crippen LogP contribution in [0.25, 0.3) is 44.2 Å². The van der Waals surface area contributed by atoms with Crippen molar-refractivity contribution >= 4 is 22.6 Å². The molecule has 45 heavy (non-hydrogen) atoms. The summed E-state index contributed by atoms with van der Waals surface area (Å²) in [5.41, 5.74) is 11.8. The maximum absolute atomic E-state index is 5.91. The summed E-state index contributed by atoms with van der Waals surface area (Å²) >= 11 is 0. The van der Waals surface area contributed by atoms with Crippen molar-refractivity contribution in [3.63, 3.8) is 0 Å². The lowest BCUT2D eigenvalue weighted by Crippen LogP contribution is -2.17. The van der Waals surface area contributed by atoms with E-state index in [9.17, 15) is 0 Å². The second-order valence-corrected chi connectivity index (χ2v) is 14.5. The standard InChI is InChI=1S/C41H38N2O2/c1-39(2)23-44-37(42-39)27-15-11-25(12-16-27)29-19-20-32-34(21-29)41(5,6)35-22-33(30-9-7-8-10-31(30)36(32)35)26-13-17-28(18-14-26)38-43-40(3,4)24-45-38/h7-22H,23-24H2,1-6H3. The molecule has 2 heterocycles. The Morgan fingerprint density at radius 3 is 1.56 bits per heavy atom. The van der Waals surface area contributed by atoms with Crippen LogP contribution in [0.3, 0.4) is 0 Å². The number of benzene rings is 5. The number of rotatable bonds is 4. The van der Waals surface area contributed by atoms with Gasteiger partial charge in [0, 0.05) is 16.5 Å². The zero-order valence-electron chi connectivity index (χ0n) is 26.9. The van der Waals surface area contributed by atoms with Crippen molar-refractivity contribution in [3.05, 3.63) is 119 Å². The molecule has 5 aromatic rings. The highest BCUT2D eigenvalue weighted by Crippen LogP contribution is 2.54. The molecule has 0 fully saturated rings. The fraction of sp³-hybridized carbons (Fsp3) is 0.268. The third-order valence-corrected chi connectivity index (χ3v) is 9.52. The van der Waals surface area contributed by atoms with Gasteiger partial charge in [-0.3, -0.25) is 0 Å². The Morgan fingerprint density at radius 2 is 1.00 bits per heavy atom. The Balaban J connectivity index is 1.19. The monoisotopic (exact) mass is 590 g/mol. The normalized spacial score (nSPS) is 18.5. The van der Waals surface area contributed by atoms with Gasteiger partial charge in [-0.2, -0.15) is 0 Å². The highest BCUT2D eigenvalue weighted by atomic mass is 16.5. The van der Waals surface area contributed by atoms with Gasteiger partial charge in [-0.1, -0.05) is 74.5 Å². The maximum Gasteiger partial charge on any atom is 0.216 e. The van der Waals surface area contributed by atoms with E-state index in [1.807, 2.05) is 0 Å². The van der Waals surface area contributed by atoms with E-state index in [1.165, 1.54) is 55.3 Å². The zero-order valence-corrected chi connectivity index (χ0v) is 26.9. The number of hydrogen-bond donors (Lipinski definition) is 0. The SMILES string of the molecule is CC1(C)COC(c2ccc(-c3ccc4c(c3)C(C)(C)c3cc(-c5ccc(C6=NC(C)(C)CO6)cc5)c5ccccc5c3-4)cc2)=N1. The molecule has 0 unspecified atom stereocenters. The lowest BCUT2D eigenvalue weighted by Gasteiger charge is -2.23. The number of nitrogens with zero attached hydrogens (tertiary/aromatic N) is 2. The van der Waals surface area contributed by atoms with Gasteiger partial charge < -0.3 is 9.47 Å². The van der Waals surface area contributed by atoms with Gasteiger partial charge in [0.25, 0.3) is 0 Å². The molecule has 4 heteroatoms. The third-order valence-electron chi connectivity index (χ3n) is 9.52. The van der Waals surface area contributed by atoms with Crippen LogP contribution in [-0.2, 0) is 14.9 Å². The predicted molar refractivity (Wildman–Crippen MR) is 186 cm³/mol. The summed E-state index contributed by atoms with van der Waals surface area (Å²) in [6.07, 6.45) is 0. The Labute approximate surface area is 265 Å². The fourth-order valence-corrected chi connectivity index (χ4v) is 7.06. The smallest absolute Gasteiger partial charge is 0.216 e. The van der Waals surface area contributed by atoms with Crippen LogP contribution in [0.15, 0.2) is 107 Å². The van der Waals surface area contributed by atoms with E-state index >= 15 is 0 Å². The number of ether oxygens (including phenoxy) is 2. The molecule has 0 saturated carbocycles. The largest absolute Gasteiger partial charge is 0.475 e. The van der Waals surface area contributed by atoms with Crippen LogP contribution in [0.2, 0.25) is 0 Å². The van der Waals surface area contributed by atoms with E-state index in [4.69, 9.17) is 19.5 Å². The lowest BCUT2D eigenvalue weighted by atomic mass is 9.80. The third kappa shape index (κ3) is 4.58. The van der Waals surface area contributed by atoms with Crippen LogP contribution >= 0.6 is 0 Å². The van der Waals surface area contributed by atoms with Crippen LogP contribution in [0.5, 0.6) is 0 Å². The molecule has 0 aromatic heterocycles. The molecule has 0 N–H and O–H groups in total. The van der Waals surface area contributed by atoms with Crippen molar-refractivity contribution in [1.82, 2.24) is 0 Å². The van der Waals surface area contributed by atoms with Gasteiger partial charge in [0.1, 0.15) is 13.2 Å². The maximum atomic E-state index is 5.91. The Kier molecular flexibility index (Phi) is 5.96. The summed E-state index contributed by atoms with van der Waals surface area (Å²) in [5.74, 6) is 1.47. The summed E-state index contributed by atoms with van der Waals surface area (Å²) in [7, 11) is 0. The number of aliphatic imine (C=N–C) groups is 2. The Hall–Kier alpha value is -4.70. The van der Waals surface area contributed by atoms with Gasteiger partial charge in [-0.15, -0.1) is 0 Å². The van der Waals surface area contributed by atoms with Crippen LogP contribution in [-0.4, -0.2) is 36.1 Å². The van der Waals surface area contributed by atoms with Crippen molar-refractivity contribution in [2.75, 3.05) is 13.2 Å². The number of hydrogen-bond acceptors (Lipinski definition) is 4. The fourth-order valence-electron chi connectivity index (χ4n) is 7.06. The molecule has 0 bridgehead atoms. The minimum absolute atomic E-state index is 0.157. The average molecular weight is 591 g/mol. The van der Waals surface area contributed by atoms with E-state index in [1.54, 1.807) is 0 Å². The van der Waals surface area contributed by atoms with Crippen LogP contribution in [0.4, 0.5) is 0 Å². The molecule has 4 nitrogen and oxygen atoms in total. The van der Waals surface area contributed by atoms with Gasteiger partial charge >= 0.3 is 0 Å². The van der Waals surface area contributed by atoms with E-state index in [-0.39, 0.29) is 16.5 Å². The first-order valence-electron chi connectivity index (χ1n) is 15.9. The van der Waals surface area contributed by atoms with Gasteiger partial charge in [0.15, 0.2) is 0 Å². The molecule has 1 aliphatic carbocycles. The molecule has 5 aromatic carbocycles. The Bertz CT molecular complexity index is 2060. The Morgan fingerprint density at radius 1 is 0.489 bits per heavy atom. The predicted octanol–water partition coefficient (Wildman–Crippen LogP) is 9.59. The van der Waals surface area contributed by atoms with Gasteiger partial charge in [-0.05, 0) is 119 Å². The molecule has 0 atom stereocenters. The minimum Gasteiger partial charge on any atom is -0.475 e. The van der Waals surface area contributed by atoms with Gasteiger partial charge in [-0.25, -0.2) is 9.98 Å². The van der Waals surface area contributed by atoms with E-state index in [0.717, 1.165) is 22.9 Å². The van der Waals surface area contributed by atoms with E-state index in [2.05, 4.69) is 139 Å². The molecular weight excluding hydrogens is 552 g/mol. The number of fused-ring (bicyclic) bond motifs is 5. The summed E-state index contributed by atoms with van der Waals surface area (Å²) in [6, 6.07) is 35.6. The topological polar surface area (TPSA) is 43.2 Å². The molecule has 0 amide bonds. The summed E-state index contributed by atoms with van der Waals surface area (Å²) in [6.45, 7) is 14.4. The highest BCUT2D eigenvalue weighted by molar-refractivity contribution is 6.09. The molecule has 8 rings (SSSR count). The molecule has 3 aliphatic rings. The first kappa shape index (κ1) is 27.8. The quantitative estimate of drug-likeness (QED) is 0.209. The van der Waals surface area contributed by atoms with Crippen LogP contribution in [0.1, 0.15) is 63.8 Å². The van der Waals surface area contributed by atoms with Crippen molar-refractivity contribution in [1.29, 1.82) is 0 Å². The molecule has 2 aliphatic heterocycles. The molecule has 0 radical (unpaired) electrons. The molecule has 0 saturated heterocycles. The summed E-state index contributed by atoms with van der Waals surface area (Å²) in [5, 5.41) is 2.56. The van der Waals surface area contributed by atoms with Crippen molar-refractivity contribution in [3.8, 4) is 33.4 Å². The van der Waals surface area contributed by atoms with E-state index < -0.39 is 0 Å². The highest BCUT2D eigenvalue weighted by Gasteiger charge is 2.37. The van der Waals surface area contributed by atoms with Crippen LogP contribution < -0.4 is 0 Å². The lowest BCUT2D eigenvalue weighted by molar-refractivity contribution is 0.279. The second-order valence-electron chi connectivity index (χ2n) is 14.5. The first-order valence-corrected chi connectivity index (χ1v) is 15.9. The summed E-state index contributed by atoms with van der Waals surface area (Å²) < 4.78 is 11.8. The average Bonchev–Trinajstić information content (AvgIpc) is 3.67. The van der Waals surface area contributed by atoms with Crippen molar-refractivity contribution in [2.45, 2.75) is 58.0 Å². The van der Waals surface area contributed by atoms with Crippen molar-refractivity contribution in [2.24, 2.45) is 9.98 Å².